The summed E-state index contributed by atoms with van der Waals surface area (Å²) in [6.45, 7) is 2.27. The maximum atomic E-state index is 12.7. The molecule has 1 fully saturated rings. The van der Waals surface area contributed by atoms with Gasteiger partial charge in [0.05, 0.1) is 16.6 Å². The van der Waals surface area contributed by atoms with Crippen molar-refractivity contribution in [3.8, 4) is 0 Å². The van der Waals surface area contributed by atoms with Crippen LogP contribution in [0.2, 0.25) is 5.02 Å². The van der Waals surface area contributed by atoms with E-state index in [2.05, 4.69) is 24.1 Å². The Morgan fingerprint density at radius 1 is 1.05 bits per heavy atom. The second kappa shape index (κ2) is 6.51. The van der Waals surface area contributed by atoms with Crippen molar-refractivity contribution in [2.45, 2.75) is 6.04 Å². The number of hydrogen-bond donors (Lipinski definition) is 0. The summed E-state index contributed by atoms with van der Waals surface area (Å²) in [6.07, 6.45) is 0. The van der Waals surface area contributed by atoms with Crippen LogP contribution in [0.25, 0.3) is 0 Å². The van der Waals surface area contributed by atoms with Crippen LogP contribution in [-0.2, 0) is 0 Å². The number of benzene rings is 2. The van der Waals surface area contributed by atoms with Crippen LogP contribution < -0.4 is 0 Å². The van der Waals surface area contributed by atoms with Gasteiger partial charge >= 0.3 is 0 Å². The molecule has 3 nitrogen and oxygen atoms in total. The number of piperazine rings is 1. The lowest BCUT2D eigenvalue weighted by atomic mass is 10.0. The molecule has 1 aliphatic heterocycles. The first-order valence-electron chi connectivity index (χ1n) is 7.46. The molecular weight excluding hydrogens is 296 g/mol. The average Bonchev–Trinajstić information content (AvgIpc) is 2.56. The van der Waals surface area contributed by atoms with Crippen molar-refractivity contribution in [3.05, 3.63) is 70.7 Å². The average molecular weight is 315 g/mol. The molecule has 1 amide bonds. The number of carbonyl (C=O) groups excluding carboxylic acids is 1. The fraction of sp³-hybridized carbons (Fsp3) is 0.278. The molecule has 2 aromatic carbocycles. The molecule has 4 heteroatoms. The zero-order valence-electron chi connectivity index (χ0n) is 12.6. The first-order chi connectivity index (χ1) is 10.7. The van der Waals surface area contributed by atoms with E-state index in [1.807, 2.05) is 35.2 Å². The van der Waals surface area contributed by atoms with Crippen LogP contribution in [0.5, 0.6) is 0 Å². The molecule has 3 rings (SSSR count). The van der Waals surface area contributed by atoms with Gasteiger partial charge < -0.3 is 4.90 Å². The quantitative estimate of drug-likeness (QED) is 0.847. The van der Waals surface area contributed by atoms with Crippen LogP contribution >= 0.6 is 11.6 Å². The van der Waals surface area contributed by atoms with Gasteiger partial charge in [-0.3, -0.25) is 9.69 Å². The molecule has 0 bridgehead atoms. The third kappa shape index (κ3) is 3.01. The molecular formula is C18H19ClN2O. The Bertz CT molecular complexity index is 659. The molecule has 1 aliphatic rings. The summed E-state index contributed by atoms with van der Waals surface area (Å²) in [4.78, 5) is 16.9. The monoisotopic (exact) mass is 314 g/mol. The third-order valence-electron chi connectivity index (χ3n) is 4.22. The van der Waals surface area contributed by atoms with Crippen molar-refractivity contribution in [2.75, 3.05) is 26.7 Å². The summed E-state index contributed by atoms with van der Waals surface area (Å²) in [7, 11) is 2.11. The lowest BCUT2D eigenvalue weighted by molar-refractivity contribution is 0.0546. The molecule has 0 aliphatic carbocycles. The van der Waals surface area contributed by atoms with Gasteiger partial charge in [0.15, 0.2) is 0 Å². The smallest absolute Gasteiger partial charge is 0.255 e. The Labute approximate surface area is 136 Å². The van der Waals surface area contributed by atoms with E-state index >= 15 is 0 Å². The van der Waals surface area contributed by atoms with Crippen LogP contribution in [0.15, 0.2) is 54.6 Å². The van der Waals surface area contributed by atoms with Gasteiger partial charge in [-0.1, -0.05) is 54.1 Å². The highest BCUT2D eigenvalue weighted by molar-refractivity contribution is 6.33. The summed E-state index contributed by atoms with van der Waals surface area (Å²) >= 11 is 6.16. The first kappa shape index (κ1) is 15.1. The van der Waals surface area contributed by atoms with Crippen LogP contribution in [0.1, 0.15) is 22.0 Å². The van der Waals surface area contributed by atoms with E-state index in [1.54, 1.807) is 12.1 Å². The summed E-state index contributed by atoms with van der Waals surface area (Å²) in [6, 6.07) is 17.8. The van der Waals surface area contributed by atoms with Crippen LogP contribution in [0.3, 0.4) is 0 Å². The van der Waals surface area contributed by atoms with Crippen molar-refractivity contribution < 1.29 is 4.79 Å². The Kier molecular flexibility index (Phi) is 4.46. The first-order valence-corrected chi connectivity index (χ1v) is 7.83. The lowest BCUT2D eigenvalue weighted by Gasteiger charge is -2.39. The maximum Gasteiger partial charge on any atom is 0.255 e. The number of amides is 1. The summed E-state index contributed by atoms with van der Waals surface area (Å²) in [5.74, 6) is 0.0135. The fourth-order valence-electron chi connectivity index (χ4n) is 2.90. The predicted molar refractivity (Wildman–Crippen MR) is 89.2 cm³/mol. The number of carbonyl (C=O) groups is 1. The summed E-state index contributed by atoms with van der Waals surface area (Å²) in [5, 5.41) is 0.516. The molecule has 1 atom stereocenters. The van der Waals surface area contributed by atoms with E-state index in [1.165, 1.54) is 5.56 Å². The van der Waals surface area contributed by atoms with Gasteiger partial charge in [-0.25, -0.2) is 0 Å². The predicted octanol–water partition coefficient (Wildman–Crippen LogP) is 3.47. The molecule has 0 spiro atoms. The van der Waals surface area contributed by atoms with E-state index in [0.29, 0.717) is 17.1 Å². The Balaban J connectivity index is 1.81. The Morgan fingerprint density at radius 2 is 1.73 bits per heavy atom. The number of nitrogens with zero attached hydrogens (tertiary/aromatic N) is 2. The zero-order chi connectivity index (χ0) is 15.5. The molecule has 0 radical (unpaired) electrons. The molecule has 22 heavy (non-hydrogen) atoms. The normalized spacial score (nSPS) is 19.2. The highest BCUT2D eigenvalue weighted by atomic mass is 35.5. The minimum absolute atomic E-state index is 0.0135. The van der Waals surface area contributed by atoms with Gasteiger partial charge in [-0.05, 0) is 24.7 Å². The molecule has 114 valence electrons. The number of hydrogen-bond acceptors (Lipinski definition) is 2. The van der Waals surface area contributed by atoms with E-state index in [0.717, 1.165) is 13.1 Å². The van der Waals surface area contributed by atoms with E-state index in [4.69, 9.17) is 11.6 Å². The largest absolute Gasteiger partial charge is 0.335 e. The molecule has 1 unspecified atom stereocenters. The standard InChI is InChI=1S/C18H19ClN2O/c1-20-11-12-21(13-17(20)14-7-3-2-4-8-14)18(22)15-9-5-6-10-16(15)19/h2-10,17H,11-13H2,1H3. The van der Waals surface area contributed by atoms with Crippen LogP contribution in [0.4, 0.5) is 0 Å². The number of rotatable bonds is 2. The Morgan fingerprint density at radius 3 is 2.45 bits per heavy atom. The van der Waals surface area contributed by atoms with Crippen LogP contribution in [0, 0.1) is 0 Å². The van der Waals surface area contributed by atoms with Gasteiger partial charge in [-0.15, -0.1) is 0 Å². The van der Waals surface area contributed by atoms with Gasteiger partial charge in [0, 0.05) is 19.6 Å². The van der Waals surface area contributed by atoms with Gasteiger partial charge in [0.25, 0.3) is 5.91 Å². The van der Waals surface area contributed by atoms with E-state index in [9.17, 15) is 4.79 Å². The van der Waals surface area contributed by atoms with Crippen molar-refractivity contribution in [1.82, 2.24) is 9.80 Å². The number of likely N-dealkylation sites (N-methyl/N-ethyl adjacent to an activating group) is 1. The maximum absolute atomic E-state index is 12.7. The molecule has 0 aromatic heterocycles. The molecule has 1 saturated heterocycles. The number of halogens is 1. The van der Waals surface area contributed by atoms with Crippen molar-refractivity contribution in [3.63, 3.8) is 0 Å². The SMILES string of the molecule is CN1CCN(C(=O)c2ccccc2Cl)CC1c1ccccc1. The lowest BCUT2D eigenvalue weighted by Crippen LogP contribution is -2.49. The minimum Gasteiger partial charge on any atom is -0.335 e. The highest BCUT2D eigenvalue weighted by Gasteiger charge is 2.29. The molecule has 2 aromatic rings. The Hall–Kier alpha value is -1.84. The molecule has 0 N–H and O–H groups in total. The van der Waals surface area contributed by atoms with Crippen molar-refractivity contribution in [1.29, 1.82) is 0 Å². The minimum atomic E-state index is 0.0135. The van der Waals surface area contributed by atoms with Crippen molar-refractivity contribution in [2.24, 2.45) is 0 Å². The third-order valence-corrected chi connectivity index (χ3v) is 4.55. The topological polar surface area (TPSA) is 23.6 Å². The van der Waals surface area contributed by atoms with E-state index < -0.39 is 0 Å². The van der Waals surface area contributed by atoms with Crippen molar-refractivity contribution >= 4 is 17.5 Å². The van der Waals surface area contributed by atoms with Crippen LogP contribution in [-0.4, -0.2) is 42.4 Å². The second-order valence-corrected chi connectivity index (χ2v) is 6.05. The summed E-state index contributed by atoms with van der Waals surface area (Å²) < 4.78 is 0. The van der Waals surface area contributed by atoms with Gasteiger partial charge in [-0.2, -0.15) is 0 Å². The van der Waals surface area contributed by atoms with Gasteiger partial charge in [0.2, 0.25) is 0 Å². The van der Waals surface area contributed by atoms with Gasteiger partial charge in [0.1, 0.15) is 0 Å². The highest BCUT2D eigenvalue weighted by Crippen LogP contribution is 2.26. The fourth-order valence-corrected chi connectivity index (χ4v) is 3.11. The molecule has 0 saturated carbocycles. The zero-order valence-corrected chi connectivity index (χ0v) is 13.3. The second-order valence-electron chi connectivity index (χ2n) is 5.64. The molecule has 1 heterocycles. The van der Waals surface area contributed by atoms with E-state index in [-0.39, 0.29) is 11.9 Å². The summed E-state index contributed by atoms with van der Waals surface area (Å²) in [5.41, 5.74) is 1.82.